The molecule has 0 heterocycles. The maximum absolute atomic E-state index is 11.5. The van der Waals surface area contributed by atoms with Crippen molar-refractivity contribution in [3.8, 4) is 0 Å². The second kappa shape index (κ2) is 13.2. The molecular formula is C24H42O5. The fourth-order valence-electron chi connectivity index (χ4n) is 3.90. The lowest BCUT2D eigenvalue weighted by atomic mass is 9.88. The Labute approximate surface area is 176 Å². The van der Waals surface area contributed by atoms with Gasteiger partial charge in [-0.05, 0) is 52.4 Å². The number of esters is 1. The number of ether oxygens (including phenoxy) is 1. The number of aliphatic hydroxyl groups excluding tert-OH is 2. The molecule has 0 radical (unpaired) electrons. The van der Waals surface area contributed by atoms with E-state index in [1.54, 1.807) is 13.0 Å². The molecule has 0 spiro atoms. The van der Waals surface area contributed by atoms with Crippen molar-refractivity contribution >= 4 is 5.97 Å². The third-order valence-corrected chi connectivity index (χ3v) is 5.57. The van der Waals surface area contributed by atoms with Crippen molar-refractivity contribution in [3.63, 3.8) is 0 Å². The number of allylic oxidation sites excluding steroid dienone is 2. The quantitative estimate of drug-likeness (QED) is 0.239. The highest BCUT2D eigenvalue weighted by molar-refractivity contribution is 5.69. The Kier molecular flexibility index (Phi) is 11.8. The summed E-state index contributed by atoms with van der Waals surface area (Å²) in [5, 5.41) is 31.2. The first kappa shape index (κ1) is 25.9. The lowest BCUT2D eigenvalue weighted by Crippen LogP contribution is -2.24. The summed E-state index contributed by atoms with van der Waals surface area (Å²) in [6.07, 6.45) is 13.4. The van der Waals surface area contributed by atoms with Crippen LogP contribution in [0.2, 0.25) is 0 Å². The highest BCUT2D eigenvalue weighted by Crippen LogP contribution is 2.37. The minimum atomic E-state index is -0.882. The van der Waals surface area contributed by atoms with Crippen LogP contribution in [0, 0.1) is 11.8 Å². The number of carbonyl (C=O) groups is 1. The van der Waals surface area contributed by atoms with E-state index in [0.717, 1.165) is 32.1 Å². The molecule has 1 saturated carbocycles. The van der Waals surface area contributed by atoms with Crippen molar-refractivity contribution < 1.29 is 24.9 Å². The summed E-state index contributed by atoms with van der Waals surface area (Å²) in [5.74, 6) is -0.387. The molecule has 0 aromatic heterocycles. The SMILES string of the molecule is CCCCC[C@](C)(O)/C=C/[C@H]1C(O)CC(O)C1C/C=C\CCCC(=O)OC(C)C. The summed E-state index contributed by atoms with van der Waals surface area (Å²) in [4.78, 5) is 11.5. The fraction of sp³-hybridized carbons (Fsp3) is 0.792. The third-order valence-electron chi connectivity index (χ3n) is 5.57. The molecule has 5 nitrogen and oxygen atoms in total. The van der Waals surface area contributed by atoms with Crippen LogP contribution < -0.4 is 0 Å². The van der Waals surface area contributed by atoms with Gasteiger partial charge in [-0.15, -0.1) is 0 Å². The first-order chi connectivity index (χ1) is 13.7. The van der Waals surface area contributed by atoms with Gasteiger partial charge in [0.15, 0.2) is 0 Å². The van der Waals surface area contributed by atoms with Gasteiger partial charge in [0.05, 0.1) is 23.9 Å². The van der Waals surface area contributed by atoms with Gasteiger partial charge in [-0.2, -0.15) is 0 Å². The van der Waals surface area contributed by atoms with Crippen molar-refractivity contribution in [3.05, 3.63) is 24.3 Å². The average molecular weight is 411 g/mol. The van der Waals surface area contributed by atoms with Crippen LogP contribution in [0.3, 0.4) is 0 Å². The molecule has 1 rings (SSSR count). The highest BCUT2D eigenvalue weighted by atomic mass is 16.5. The Hall–Kier alpha value is -1.17. The van der Waals surface area contributed by atoms with E-state index >= 15 is 0 Å². The van der Waals surface area contributed by atoms with Crippen LogP contribution >= 0.6 is 0 Å². The van der Waals surface area contributed by atoms with Gasteiger partial charge in [0.1, 0.15) is 0 Å². The van der Waals surface area contributed by atoms with Crippen LogP contribution in [-0.2, 0) is 9.53 Å². The van der Waals surface area contributed by atoms with E-state index < -0.39 is 17.8 Å². The second-order valence-electron chi connectivity index (χ2n) is 8.92. The van der Waals surface area contributed by atoms with Crippen LogP contribution in [-0.4, -0.2) is 45.2 Å². The number of rotatable bonds is 13. The Balaban J connectivity index is 2.49. The molecule has 0 aliphatic heterocycles. The first-order valence-electron chi connectivity index (χ1n) is 11.3. The summed E-state index contributed by atoms with van der Waals surface area (Å²) in [6, 6.07) is 0. The molecule has 1 aliphatic carbocycles. The van der Waals surface area contributed by atoms with E-state index in [4.69, 9.17) is 4.74 Å². The number of aliphatic hydroxyl groups is 3. The third kappa shape index (κ3) is 10.4. The number of hydrogen-bond acceptors (Lipinski definition) is 5. The molecule has 5 atom stereocenters. The second-order valence-corrected chi connectivity index (χ2v) is 8.92. The van der Waals surface area contributed by atoms with Crippen LogP contribution in [0.1, 0.15) is 85.5 Å². The molecule has 5 heteroatoms. The maximum atomic E-state index is 11.5. The van der Waals surface area contributed by atoms with E-state index in [-0.39, 0.29) is 23.9 Å². The summed E-state index contributed by atoms with van der Waals surface area (Å²) >= 11 is 0. The smallest absolute Gasteiger partial charge is 0.306 e. The Morgan fingerprint density at radius 1 is 1.17 bits per heavy atom. The van der Waals surface area contributed by atoms with Crippen molar-refractivity contribution in [1.82, 2.24) is 0 Å². The van der Waals surface area contributed by atoms with Gasteiger partial charge in [0.25, 0.3) is 0 Å². The zero-order chi connectivity index (χ0) is 21.9. The van der Waals surface area contributed by atoms with Crippen molar-refractivity contribution in [1.29, 1.82) is 0 Å². The summed E-state index contributed by atoms with van der Waals surface area (Å²) < 4.78 is 5.11. The summed E-state index contributed by atoms with van der Waals surface area (Å²) in [6.45, 7) is 7.62. The van der Waals surface area contributed by atoms with Crippen LogP contribution in [0.15, 0.2) is 24.3 Å². The fourth-order valence-corrected chi connectivity index (χ4v) is 3.90. The average Bonchev–Trinajstić information content (AvgIpc) is 2.88. The minimum Gasteiger partial charge on any atom is -0.463 e. The molecule has 3 N–H and O–H groups in total. The van der Waals surface area contributed by atoms with E-state index in [1.165, 1.54) is 0 Å². The highest BCUT2D eigenvalue weighted by Gasteiger charge is 2.39. The lowest BCUT2D eigenvalue weighted by Gasteiger charge is -2.23. The standard InChI is InChI=1S/C24H42O5/c1-5-6-11-15-24(4,28)16-14-20-19(21(25)17-22(20)26)12-9-7-8-10-13-23(27)29-18(2)3/h7,9,14,16,18-22,25-26,28H,5-6,8,10-13,15,17H2,1-4H3/b9-7-,16-14+/t19?,20-,21?,22?,24+/m1/s1. The molecule has 0 aromatic rings. The van der Waals surface area contributed by atoms with E-state index in [0.29, 0.717) is 25.7 Å². The van der Waals surface area contributed by atoms with Crippen molar-refractivity contribution in [2.75, 3.05) is 0 Å². The van der Waals surface area contributed by atoms with E-state index in [9.17, 15) is 20.1 Å². The number of unbranched alkanes of at least 4 members (excludes halogenated alkanes) is 3. The predicted octanol–water partition coefficient (Wildman–Crippen LogP) is 4.30. The molecule has 29 heavy (non-hydrogen) atoms. The molecular weight excluding hydrogens is 368 g/mol. The molecule has 0 saturated heterocycles. The summed E-state index contributed by atoms with van der Waals surface area (Å²) in [7, 11) is 0. The normalized spacial score (nSPS) is 27.2. The molecule has 3 unspecified atom stereocenters. The maximum Gasteiger partial charge on any atom is 0.306 e. The van der Waals surface area contributed by atoms with Gasteiger partial charge < -0.3 is 20.1 Å². The van der Waals surface area contributed by atoms with Crippen LogP contribution in [0.4, 0.5) is 0 Å². The van der Waals surface area contributed by atoms with E-state index in [1.807, 2.05) is 32.1 Å². The predicted molar refractivity (Wildman–Crippen MR) is 116 cm³/mol. The van der Waals surface area contributed by atoms with Crippen molar-refractivity contribution in [2.24, 2.45) is 11.8 Å². The monoisotopic (exact) mass is 410 g/mol. The molecule has 0 amide bonds. The van der Waals surface area contributed by atoms with Crippen molar-refractivity contribution in [2.45, 2.75) is 109 Å². The Morgan fingerprint density at radius 2 is 1.90 bits per heavy atom. The van der Waals surface area contributed by atoms with E-state index in [2.05, 4.69) is 6.92 Å². The topological polar surface area (TPSA) is 87.0 Å². The lowest BCUT2D eigenvalue weighted by molar-refractivity contribution is -0.147. The Morgan fingerprint density at radius 3 is 2.55 bits per heavy atom. The van der Waals surface area contributed by atoms with Gasteiger partial charge in [0.2, 0.25) is 0 Å². The zero-order valence-electron chi connectivity index (χ0n) is 18.7. The van der Waals surface area contributed by atoms with Crippen LogP contribution in [0.25, 0.3) is 0 Å². The Bertz CT molecular complexity index is 523. The molecule has 1 aliphatic rings. The molecule has 0 aromatic carbocycles. The first-order valence-corrected chi connectivity index (χ1v) is 11.3. The largest absolute Gasteiger partial charge is 0.463 e. The van der Waals surface area contributed by atoms with Gasteiger partial charge in [-0.25, -0.2) is 0 Å². The summed E-state index contributed by atoms with van der Waals surface area (Å²) in [5.41, 5.74) is -0.882. The number of carbonyl (C=O) groups excluding carboxylic acids is 1. The van der Waals surface area contributed by atoms with Crippen LogP contribution in [0.5, 0.6) is 0 Å². The number of hydrogen-bond donors (Lipinski definition) is 3. The van der Waals surface area contributed by atoms with Gasteiger partial charge >= 0.3 is 5.97 Å². The molecule has 168 valence electrons. The molecule has 1 fully saturated rings. The van der Waals surface area contributed by atoms with Gasteiger partial charge in [-0.3, -0.25) is 4.79 Å². The zero-order valence-corrected chi connectivity index (χ0v) is 18.7. The minimum absolute atomic E-state index is 0.0603. The van der Waals surface area contributed by atoms with Gasteiger partial charge in [-0.1, -0.05) is 50.5 Å². The molecule has 0 bridgehead atoms. The van der Waals surface area contributed by atoms with Gasteiger partial charge in [0, 0.05) is 18.8 Å².